The molecule has 0 atom stereocenters. The lowest BCUT2D eigenvalue weighted by Crippen LogP contribution is -2.05. The number of aromatic nitrogens is 2. The summed E-state index contributed by atoms with van der Waals surface area (Å²) in [6.07, 6.45) is 3.50. The second-order valence-corrected chi connectivity index (χ2v) is 6.78. The number of carbonyl (C=O) groups is 2. The first kappa shape index (κ1) is 15.6. The topological polar surface area (TPSA) is 52.0 Å². The van der Waals surface area contributed by atoms with E-state index in [0.29, 0.717) is 10.6 Å². The predicted octanol–water partition coefficient (Wildman–Crippen LogP) is 4.54. The van der Waals surface area contributed by atoms with E-state index in [2.05, 4.69) is 5.10 Å². The Hall–Kier alpha value is -2.92. The molecule has 0 N–H and O–H groups in total. The van der Waals surface area contributed by atoms with Gasteiger partial charge in [0.05, 0.1) is 4.91 Å². The average molecular weight is 346 g/mol. The summed E-state index contributed by atoms with van der Waals surface area (Å²) in [4.78, 5) is 25.9. The summed E-state index contributed by atoms with van der Waals surface area (Å²) in [6.45, 7) is 1.46. The molecule has 0 spiro atoms. The number of benzene rings is 2. The maximum atomic E-state index is 12.6. The van der Waals surface area contributed by atoms with E-state index in [9.17, 15) is 9.59 Å². The molecule has 0 amide bonds. The van der Waals surface area contributed by atoms with Crippen LogP contribution in [0.1, 0.15) is 27.6 Å². The predicted molar refractivity (Wildman–Crippen MR) is 98.6 cm³/mol. The van der Waals surface area contributed by atoms with E-state index in [0.717, 1.165) is 21.6 Å². The van der Waals surface area contributed by atoms with Crippen LogP contribution in [-0.2, 0) is 0 Å². The van der Waals surface area contributed by atoms with E-state index in [1.54, 1.807) is 6.20 Å². The van der Waals surface area contributed by atoms with Crippen molar-refractivity contribution in [3.05, 3.63) is 76.8 Å². The zero-order valence-corrected chi connectivity index (χ0v) is 14.3. The van der Waals surface area contributed by atoms with E-state index in [1.165, 1.54) is 23.4 Å². The molecule has 0 radical (unpaired) electrons. The van der Waals surface area contributed by atoms with Crippen LogP contribution in [0, 0.1) is 0 Å². The largest absolute Gasteiger partial charge is 0.288 e. The molecule has 1 aliphatic heterocycles. The second-order valence-electron chi connectivity index (χ2n) is 5.70. The lowest BCUT2D eigenvalue weighted by atomic mass is 10.1. The molecule has 2 aromatic carbocycles. The standard InChI is InChI=1S/C20H14N2O2S/c1-13(23)22-12-15(19(21-22)14-7-3-2-4-8-14)11-18-20(24)16-9-5-6-10-17(16)25-18/h2-12H,1H3/b18-11+. The minimum Gasteiger partial charge on any atom is -0.288 e. The van der Waals surface area contributed by atoms with E-state index < -0.39 is 0 Å². The van der Waals surface area contributed by atoms with Gasteiger partial charge in [0.25, 0.3) is 0 Å². The first-order chi connectivity index (χ1) is 12.1. The van der Waals surface area contributed by atoms with Gasteiger partial charge in [-0.15, -0.1) is 0 Å². The van der Waals surface area contributed by atoms with Gasteiger partial charge in [0.15, 0.2) is 0 Å². The Kier molecular flexibility index (Phi) is 3.86. The van der Waals surface area contributed by atoms with Gasteiger partial charge in [-0.2, -0.15) is 5.10 Å². The minimum absolute atomic E-state index is 0.00943. The number of Topliss-reactive ketones (excluding diaryl/α,β-unsaturated/α-hetero) is 1. The maximum absolute atomic E-state index is 12.6. The van der Waals surface area contributed by atoms with Crippen molar-refractivity contribution < 1.29 is 9.59 Å². The molecule has 4 rings (SSSR count). The molecule has 0 bridgehead atoms. The van der Waals surface area contributed by atoms with Crippen molar-refractivity contribution in [3.8, 4) is 11.3 Å². The molecule has 1 aliphatic rings. The highest BCUT2D eigenvalue weighted by molar-refractivity contribution is 8.04. The van der Waals surface area contributed by atoms with Gasteiger partial charge in [-0.25, -0.2) is 4.68 Å². The van der Waals surface area contributed by atoms with Crippen molar-refractivity contribution in [1.29, 1.82) is 0 Å². The highest BCUT2D eigenvalue weighted by Gasteiger charge is 2.26. The number of rotatable bonds is 2. The molecule has 0 aliphatic carbocycles. The van der Waals surface area contributed by atoms with Crippen LogP contribution >= 0.6 is 11.8 Å². The molecule has 0 unspecified atom stereocenters. The van der Waals surface area contributed by atoms with Crippen LogP contribution in [0.15, 0.2) is 70.6 Å². The quantitative estimate of drug-likeness (QED) is 0.639. The number of hydrogen-bond donors (Lipinski definition) is 0. The lowest BCUT2D eigenvalue weighted by Gasteiger charge is -1.99. The Morgan fingerprint density at radius 1 is 1.08 bits per heavy atom. The fourth-order valence-electron chi connectivity index (χ4n) is 2.75. The minimum atomic E-state index is -0.171. The normalized spacial score (nSPS) is 14.8. The Morgan fingerprint density at radius 2 is 1.80 bits per heavy atom. The molecule has 25 heavy (non-hydrogen) atoms. The van der Waals surface area contributed by atoms with Gasteiger partial charge in [0.1, 0.15) is 5.69 Å². The Morgan fingerprint density at radius 3 is 2.52 bits per heavy atom. The third-order valence-electron chi connectivity index (χ3n) is 3.97. The van der Waals surface area contributed by atoms with E-state index in [-0.39, 0.29) is 11.7 Å². The molecule has 3 aromatic rings. The van der Waals surface area contributed by atoms with Crippen LogP contribution in [0.3, 0.4) is 0 Å². The Labute approximate surface area is 149 Å². The molecule has 0 fully saturated rings. The van der Waals surface area contributed by atoms with Gasteiger partial charge in [-0.1, -0.05) is 54.2 Å². The van der Waals surface area contributed by atoms with Gasteiger partial charge >= 0.3 is 0 Å². The van der Waals surface area contributed by atoms with Gasteiger partial charge in [-0.3, -0.25) is 9.59 Å². The summed E-state index contributed by atoms with van der Waals surface area (Å²) in [5, 5.41) is 4.40. The number of carbonyl (C=O) groups excluding carboxylic acids is 2. The van der Waals surface area contributed by atoms with Gasteiger partial charge in [-0.05, 0) is 18.2 Å². The summed E-state index contributed by atoms with van der Waals surface area (Å²) in [7, 11) is 0. The fraction of sp³-hybridized carbons (Fsp3) is 0.0500. The first-order valence-electron chi connectivity index (χ1n) is 7.83. The molecule has 0 saturated heterocycles. The van der Waals surface area contributed by atoms with Crippen LogP contribution in [0.2, 0.25) is 0 Å². The molecule has 1 aromatic heterocycles. The SMILES string of the molecule is CC(=O)n1cc(/C=C2/Sc3ccccc3C2=O)c(-c2ccccc2)n1. The molecular formula is C20H14N2O2S. The van der Waals surface area contributed by atoms with Crippen molar-refractivity contribution in [3.63, 3.8) is 0 Å². The number of ketones is 1. The zero-order valence-electron chi connectivity index (χ0n) is 13.5. The number of thioether (sulfide) groups is 1. The zero-order chi connectivity index (χ0) is 17.4. The van der Waals surface area contributed by atoms with Crippen molar-refractivity contribution >= 4 is 29.5 Å². The van der Waals surface area contributed by atoms with Crippen molar-refractivity contribution in [2.75, 3.05) is 0 Å². The van der Waals surface area contributed by atoms with Crippen molar-refractivity contribution in [1.82, 2.24) is 9.78 Å². The summed E-state index contributed by atoms with van der Waals surface area (Å²) in [5.41, 5.74) is 3.07. The van der Waals surface area contributed by atoms with E-state index in [1.807, 2.05) is 60.7 Å². The van der Waals surface area contributed by atoms with Crippen LogP contribution in [0.4, 0.5) is 0 Å². The maximum Gasteiger partial charge on any atom is 0.243 e. The highest BCUT2D eigenvalue weighted by Crippen LogP contribution is 2.41. The first-order valence-corrected chi connectivity index (χ1v) is 8.64. The van der Waals surface area contributed by atoms with Crippen molar-refractivity contribution in [2.45, 2.75) is 11.8 Å². The summed E-state index contributed by atoms with van der Waals surface area (Å²) < 4.78 is 1.31. The van der Waals surface area contributed by atoms with Crippen LogP contribution in [-0.4, -0.2) is 21.5 Å². The molecular weight excluding hydrogens is 332 g/mol. The monoisotopic (exact) mass is 346 g/mol. The molecule has 122 valence electrons. The highest BCUT2D eigenvalue weighted by atomic mass is 32.2. The average Bonchev–Trinajstić information content (AvgIpc) is 3.19. The van der Waals surface area contributed by atoms with Gasteiger partial charge in [0, 0.05) is 34.7 Å². The number of allylic oxidation sites excluding steroid dienone is 1. The van der Waals surface area contributed by atoms with Gasteiger partial charge in [0.2, 0.25) is 11.7 Å². The number of fused-ring (bicyclic) bond motifs is 1. The summed E-state index contributed by atoms with van der Waals surface area (Å²) in [6, 6.07) is 17.2. The second kappa shape index (κ2) is 6.18. The third-order valence-corrected chi connectivity index (χ3v) is 5.07. The lowest BCUT2D eigenvalue weighted by molar-refractivity contribution is 0.0921. The summed E-state index contributed by atoms with van der Waals surface area (Å²) >= 11 is 1.45. The van der Waals surface area contributed by atoms with Crippen LogP contribution in [0.5, 0.6) is 0 Å². The number of nitrogens with zero attached hydrogens (tertiary/aromatic N) is 2. The smallest absolute Gasteiger partial charge is 0.243 e. The molecule has 4 nitrogen and oxygen atoms in total. The van der Waals surface area contributed by atoms with Crippen LogP contribution in [0.25, 0.3) is 17.3 Å². The van der Waals surface area contributed by atoms with E-state index in [4.69, 9.17) is 0 Å². The number of hydrogen-bond acceptors (Lipinski definition) is 4. The fourth-order valence-corrected chi connectivity index (χ4v) is 3.79. The molecule has 0 saturated carbocycles. The van der Waals surface area contributed by atoms with Gasteiger partial charge < -0.3 is 0 Å². The Bertz CT molecular complexity index is 1020. The van der Waals surface area contributed by atoms with Crippen LogP contribution < -0.4 is 0 Å². The Balaban J connectivity index is 1.81. The van der Waals surface area contributed by atoms with E-state index >= 15 is 0 Å². The van der Waals surface area contributed by atoms with Crippen molar-refractivity contribution in [2.24, 2.45) is 0 Å². The molecule has 2 heterocycles. The summed E-state index contributed by atoms with van der Waals surface area (Å²) in [5.74, 6) is -0.161. The third kappa shape index (κ3) is 2.83. The molecule has 5 heteroatoms.